The highest BCUT2D eigenvalue weighted by Gasteiger charge is 2.30. The molecule has 5 nitrogen and oxygen atoms in total. The molecule has 1 aromatic rings. The van der Waals surface area contributed by atoms with E-state index in [1.807, 2.05) is 25.1 Å². The Bertz CT molecular complexity index is 447. The zero-order valence-corrected chi connectivity index (χ0v) is 11.1. The Labute approximate surface area is 113 Å². The number of nitrogens with one attached hydrogen (secondary N) is 1. The SMILES string of the molecule is CCC1C(=O)NCCN1C(=O)CCc1ccccn1. The van der Waals surface area contributed by atoms with Crippen LogP contribution in [0.2, 0.25) is 0 Å². The van der Waals surface area contributed by atoms with Crippen molar-refractivity contribution in [3.05, 3.63) is 30.1 Å². The Balaban J connectivity index is 1.93. The smallest absolute Gasteiger partial charge is 0.242 e. The second-order valence-electron chi connectivity index (χ2n) is 4.62. The maximum Gasteiger partial charge on any atom is 0.242 e. The number of rotatable bonds is 4. The van der Waals surface area contributed by atoms with E-state index in [0.717, 1.165) is 5.69 Å². The molecule has 2 heterocycles. The van der Waals surface area contributed by atoms with Gasteiger partial charge in [0.2, 0.25) is 11.8 Å². The van der Waals surface area contributed by atoms with E-state index < -0.39 is 0 Å². The van der Waals surface area contributed by atoms with E-state index in [1.54, 1.807) is 11.1 Å². The summed E-state index contributed by atoms with van der Waals surface area (Å²) < 4.78 is 0. The molecule has 1 saturated heterocycles. The number of carbonyl (C=O) groups is 2. The molecule has 1 atom stereocenters. The molecule has 5 heteroatoms. The largest absolute Gasteiger partial charge is 0.353 e. The van der Waals surface area contributed by atoms with Crippen LogP contribution in [0, 0.1) is 0 Å². The van der Waals surface area contributed by atoms with Crippen molar-refractivity contribution in [2.75, 3.05) is 13.1 Å². The van der Waals surface area contributed by atoms with Crippen LogP contribution < -0.4 is 5.32 Å². The monoisotopic (exact) mass is 261 g/mol. The molecule has 0 aromatic carbocycles. The predicted octanol–water partition coefficient (Wildman–Crippen LogP) is 0.751. The third-order valence-corrected chi connectivity index (χ3v) is 3.36. The first-order chi connectivity index (χ1) is 9.22. The van der Waals surface area contributed by atoms with Crippen molar-refractivity contribution < 1.29 is 9.59 Å². The van der Waals surface area contributed by atoms with Gasteiger partial charge in [0, 0.05) is 31.4 Å². The Kier molecular flexibility index (Phi) is 4.49. The van der Waals surface area contributed by atoms with Crippen LogP contribution in [0.15, 0.2) is 24.4 Å². The number of aryl methyl sites for hydroxylation is 1. The highest BCUT2D eigenvalue weighted by Crippen LogP contribution is 2.11. The summed E-state index contributed by atoms with van der Waals surface area (Å²) in [7, 11) is 0. The van der Waals surface area contributed by atoms with Gasteiger partial charge in [-0.05, 0) is 25.0 Å². The molecule has 0 saturated carbocycles. The summed E-state index contributed by atoms with van der Waals surface area (Å²) in [6.45, 7) is 3.07. The van der Waals surface area contributed by atoms with E-state index in [-0.39, 0.29) is 17.9 Å². The molecule has 102 valence electrons. The molecule has 0 radical (unpaired) electrons. The summed E-state index contributed by atoms with van der Waals surface area (Å²) in [5.74, 6) is -0.00714. The first-order valence-electron chi connectivity index (χ1n) is 6.69. The Hall–Kier alpha value is -1.91. The van der Waals surface area contributed by atoms with Crippen LogP contribution >= 0.6 is 0 Å². The van der Waals surface area contributed by atoms with Gasteiger partial charge in [-0.2, -0.15) is 0 Å². The molecule has 0 aliphatic carbocycles. The summed E-state index contributed by atoms with van der Waals surface area (Å²) >= 11 is 0. The molecule has 1 unspecified atom stereocenters. The van der Waals surface area contributed by atoms with Crippen molar-refractivity contribution in [3.8, 4) is 0 Å². The van der Waals surface area contributed by atoms with E-state index in [1.165, 1.54) is 0 Å². The lowest BCUT2D eigenvalue weighted by Crippen LogP contribution is -2.56. The van der Waals surface area contributed by atoms with Crippen molar-refractivity contribution in [3.63, 3.8) is 0 Å². The van der Waals surface area contributed by atoms with Crippen molar-refractivity contribution in [1.82, 2.24) is 15.2 Å². The molecular formula is C14H19N3O2. The summed E-state index contributed by atoms with van der Waals surface area (Å²) in [5, 5.41) is 2.80. The van der Waals surface area contributed by atoms with Crippen LogP contribution in [0.1, 0.15) is 25.5 Å². The normalized spacial score (nSPS) is 19.1. The topological polar surface area (TPSA) is 62.3 Å². The van der Waals surface area contributed by atoms with Gasteiger partial charge in [0.15, 0.2) is 0 Å². The van der Waals surface area contributed by atoms with E-state index in [2.05, 4.69) is 10.3 Å². The summed E-state index contributed by atoms with van der Waals surface area (Å²) in [6.07, 6.45) is 3.40. The van der Waals surface area contributed by atoms with E-state index in [9.17, 15) is 9.59 Å². The Morgan fingerprint density at radius 2 is 2.37 bits per heavy atom. The molecule has 2 amide bonds. The molecule has 1 aliphatic rings. The maximum atomic E-state index is 12.2. The number of carbonyl (C=O) groups excluding carboxylic acids is 2. The van der Waals surface area contributed by atoms with Crippen molar-refractivity contribution in [1.29, 1.82) is 0 Å². The minimum Gasteiger partial charge on any atom is -0.353 e. The summed E-state index contributed by atoms with van der Waals surface area (Å²) in [4.78, 5) is 29.8. The average molecular weight is 261 g/mol. The van der Waals surface area contributed by atoms with Gasteiger partial charge in [-0.25, -0.2) is 0 Å². The van der Waals surface area contributed by atoms with Gasteiger partial charge in [-0.1, -0.05) is 13.0 Å². The van der Waals surface area contributed by atoms with Crippen molar-refractivity contribution >= 4 is 11.8 Å². The second kappa shape index (κ2) is 6.31. The van der Waals surface area contributed by atoms with Crippen molar-refractivity contribution in [2.24, 2.45) is 0 Å². The molecule has 1 aromatic heterocycles. The molecule has 0 spiro atoms. The minimum atomic E-state index is -0.315. The van der Waals surface area contributed by atoms with Crippen LogP contribution in [0.5, 0.6) is 0 Å². The van der Waals surface area contributed by atoms with Gasteiger partial charge in [0.05, 0.1) is 0 Å². The summed E-state index contributed by atoms with van der Waals surface area (Å²) in [6, 6.07) is 5.36. The fraction of sp³-hybridized carbons (Fsp3) is 0.500. The minimum absolute atomic E-state index is 0.0346. The molecule has 1 fully saturated rings. The van der Waals surface area contributed by atoms with Gasteiger partial charge < -0.3 is 10.2 Å². The van der Waals surface area contributed by atoms with Crippen molar-refractivity contribution in [2.45, 2.75) is 32.2 Å². The van der Waals surface area contributed by atoms with Gasteiger partial charge >= 0.3 is 0 Å². The van der Waals surface area contributed by atoms with Gasteiger partial charge in [-0.3, -0.25) is 14.6 Å². The second-order valence-corrected chi connectivity index (χ2v) is 4.62. The van der Waals surface area contributed by atoms with Crippen LogP contribution in [0.25, 0.3) is 0 Å². The number of amides is 2. The Morgan fingerprint density at radius 3 is 3.05 bits per heavy atom. The highest BCUT2D eigenvalue weighted by atomic mass is 16.2. The van der Waals surface area contributed by atoms with Crippen LogP contribution in [-0.2, 0) is 16.0 Å². The number of pyridine rings is 1. The van der Waals surface area contributed by atoms with E-state index in [4.69, 9.17) is 0 Å². The van der Waals surface area contributed by atoms with Crippen LogP contribution in [-0.4, -0.2) is 40.8 Å². The average Bonchev–Trinajstić information content (AvgIpc) is 2.45. The fourth-order valence-electron chi connectivity index (χ4n) is 2.34. The van der Waals surface area contributed by atoms with Crippen LogP contribution in [0.3, 0.4) is 0 Å². The third-order valence-electron chi connectivity index (χ3n) is 3.36. The van der Waals surface area contributed by atoms with Gasteiger partial charge in [-0.15, -0.1) is 0 Å². The quantitative estimate of drug-likeness (QED) is 0.870. The summed E-state index contributed by atoms with van der Waals surface area (Å²) in [5.41, 5.74) is 0.908. The number of piperazine rings is 1. The molecular weight excluding hydrogens is 242 g/mol. The van der Waals surface area contributed by atoms with E-state index in [0.29, 0.717) is 32.4 Å². The van der Waals surface area contributed by atoms with Crippen LogP contribution in [0.4, 0.5) is 0 Å². The number of hydrogen-bond donors (Lipinski definition) is 1. The standard InChI is InChI=1S/C14H19N3O2/c1-2-12-14(19)16-9-10-17(12)13(18)7-6-11-5-3-4-8-15-11/h3-5,8,12H,2,6-7,9-10H2,1H3,(H,16,19). The highest BCUT2D eigenvalue weighted by molar-refractivity contribution is 5.88. The maximum absolute atomic E-state index is 12.2. The number of hydrogen-bond acceptors (Lipinski definition) is 3. The molecule has 1 aliphatic heterocycles. The number of aromatic nitrogens is 1. The third kappa shape index (κ3) is 3.30. The van der Waals surface area contributed by atoms with Gasteiger partial charge in [0.25, 0.3) is 0 Å². The zero-order chi connectivity index (χ0) is 13.7. The molecule has 1 N–H and O–H groups in total. The predicted molar refractivity (Wildman–Crippen MR) is 71.4 cm³/mol. The molecule has 0 bridgehead atoms. The zero-order valence-electron chi connectivity index (χ0n) is 11.1. The fourth-order valence-corrected chi connectivity index (χ4v) is 2.34. The lowest BCUT2D eigenvalue weighted by Gasteiger charge is -2.34. The lowest BCUT2D eigenvalue weighted by atomic mass is 10.1. The molecule has 2 rings (SSSR count). The van der Waals surface area contributed by atoms with E-state index >= 15 is 0 Å². The first-order valence-corrected chi connectivity index (χ1v) is 6.69. The number of nitrogens with zero attached hydrogens (tertiary/aromatic N) is 2. The molecule has 19 heavy (non-hydrogen) atoms. The lowest BCUT2D eigenvalue weighted by molar-refractivity contribution is -0.143. The Morgan fingerprint density at radius 1 is 1.53 bits per heavy atom. The first kappa shape index (κ1) is 13.5. The van der Waals surface area contributed by atoms with Gasteiger partial charge in [0.1, 0.15) is 6.04 Å².